The molecule has 0 saturated heterocycles. The first kappa shape index (κ1) is 22.5. The number of aryl methyl sites for hydroxylation is 2. The minimum absolute atomic E-state index is 0.268. The lowest BCUT2D eigenvalue weighted by Gasteiger charge is -2.21. The van der Waals surface area contributed by atoms with Gasteiger partial charge in [0, 0.05) is 38.5 Å². The number of nitrogens with zero attached hydrogens (tertiary/aromatic N) is 3. The molecule has 2 N–H and O–H groups in total. The van der Waals surface area contributed by atoms with Crippen LogP contribution in [0.1, 0.15) is 58.0 Å². The maximum Gasteiger partial charge on any atom is 0.191 e. The molecule has 0 amide bonds. The molecule has 0 spiro atoms. The molecule has 6 nitrogen and oxygen atoms in total. The Balaban J connectivity index is 2.65. The summed E-state index contributed by atoms with van der Waals surface area (Å²) < 4.78 is 7.77. The zero-order valence-corrected chi connectivity index (χ0v) is 18.0. The van der Waals surface area contributed by atoms with E-state index < -0.39 is 0 Å². The van der Waals surface area contributed by atoms with E-state index >= 15 is 0 Å². The topological polar surface area (TPSA) is 63.5 Å². The summed E-state index contributed by atoms with van der Waals surface area (Å²) in [6.07, 6.45) is 2.14. The maximum atomic E-state index is 5.81. The fourth-order valence-electron chi connectivity index (χ4n) is 3.15. The molecule has 2 unspecified atom stereocenters. The summed E-state index contributed by atoms with van der Waals surface area (Å²) in [4.78, 5) is 4.74. The van der Waals surface area contributed by atoms with Crippen molar-refractivity contribution in [3.8, 4) is 0 Å². The third kappa shape index (κ3) is 6.98. The van der Waals surface area contributed by atoms with Crippen LogP contribution in [0.25, 0.3) is 0 Å². The molecule has 0 radical (unpaired) electrons. The standard InChI is InChI=1S/C20H39N5O/c1-9-21-20(22-12-11-19(14(3)4)26-10-2)23-15(5)13-18-16(6)24-25(8)17(18)7/h14-15,19H,9-13H2,1-8H3,(H2,21,22,23). The van der Waals surface area contributed by atoms with Gasteiger partial charge in [-0.05, 0) is 58.9 Å². The Bertz CT molecular complexity index is 565. The van der Waals surface area contributed by atoms with Crippen molar-refractivity contribution >= 4 is 5.96 Å². The summed E-state index contributed by atoms with van der Waals surface area (Å²) in [6, 6.07) is 0.280. The lowest BCUT2D eigenvalue weighted by Crippen LogP contribution is -2.43. The summed E-state index contributed by atoms with van der Waals surface area (Å²) >= 11 is 0. The third-order valence-corrected chi connectivity index (χ3v) is 4.70. The average Bonchev–Trinajstić information content (AvgIpc) is 2.80. The van der Waals surface area contributed by atoms with E-state index in [-0.39, 0.29) is 12.1 Å². The fraction of sp³-hybridized carbons (Fsp3) is 0.800. The minimum atomic E-state index is 0.268. The molecule has 1 aromatic rings. The van der Waals surface area contributed by atoms with Crippen molar-refractivity contribution in [1.82, 2.24) is 20.4 Å². The number of hydrogen-bond acceptors (Lipinski definition) is 3. The number of nitrogens with one attached hydrogen (secondary N) is 2. The van der Waals surface area contributed by atoms with Crippen molar-refractivity contribution < 1.29 is 4.74 Å². The van der Waals surface area contributed by atoms with Crippen molar-refractivity contribution in [2.45, 2.75) is 73.5 Å². The molecule has 1 rings (SSSR count). The van der Waals surface area contributed by atoms with Crippen molar-refractivity contribution in [3.05, 3.63) is 17.0 Å². The van der Waals surface area contributed by atoms with E-state index in [0.29, 0.717) is 5.92 Å². The second-order valence-electron chi connectivity index (χ2n) is 7.31. The molecule has 26 heavy (non-hydrogen) atoms. The summed E-state index contributed by atoms with van der Waals surface area (Å²) in [5, 5.41) is 11.4. The fourth-order valence-corrected chi connectivity index (χ4v) is 3.15. The van der Waals surface area contributed by atoms with E-state index in [4.69, 9.17) is 9.73 Å². The quantitative estimate of drug-likeness (QED) is 0.494. The summed E-state index contributed by atoms with van der Waals surface area (Å²) in [6.45, 7) is 17.3. The molecule has 1 aromatic heterocycles. The van der Waals surface area contributed by atoms with Crippen LogP contribution in [0.3, 0.4) is 0 Å². The smallest absolute Gasteiger partial charge is 0.191 e. The summed E-state index contributed by atoms with van der Waals surface area (Å²) in [5.41, 5.74) is 3.66. The molecule has 150 valence electrons. The highest BCUT2D eigenvalue weighted by atomic mass is 16.5. The van der Waals surface area contributed by atoms with Gasteiger partial charge in [0.1, 0.15) is 0 Å². The lowest BCUT2D eigenvalue weighted by molar-refractivity contribution is 0.0266. The van der Waals surface area contributed by atoms with Gasteiger partial charge < -0.3 is 15.4 Å². The Hall–Kier alpha value is -1.56. The second-order valence-corrected chi connectivity index (χ2v) is 7.31. The number of aliphatic imine (C=N–C) groups is 1. The molecule has 0 aliphatic heterocycles. The molecule has 0 fully saturated rings. The Morgan fingerprint density at radius 1 is 1.23 bits per heavy atom. The van der Waals surface area contributed by atoms with Crippen molar-refractivity contribution in [2.75, 3.05) is 19.7 Å². The largest absolute Gasteiger partial charge is 0.378 e. The average molecular weight is 366 g/mol. The van der Waals surface area contributed by atoms with Gasteiger partial charge in [0.15, 0.2) is 5.96 Å². The van der Waals surface area contributed by atoms with Crippen LogP contribution in [0.4, 0.5) is 0 Å². The Kier molecular flexibility index (Phi) is 9.70. The monoisotopic (exact) mass is 365 g/mol. The molecule has 6 heteroatoms. The van der Waals surface area contributed by atoms with Crippen LogP contribution < -0.4 is 10.6 Å². The Labute approximate surface area is 159 Å². The van der Waals surface area contributed by atoms with Crippen molar-refractivity contribution in [3.63, 3.8) is 0 Å². The SMILES string of the molecule is CCNC(=NCCC(OCC)C(C)C)NC(C)Cc1c(C)nn(C)c1C. The minimum Gasteiger partial charge on any atom is -0.378 e. The second kappa shape index (κ2) is 11.2. The molecule has 0 aliphatic carbocycles. The van der Waals surface area contributed by atoms with Gasteiger partial charge in [0.2, 0.25) is 0 Å². The van der Waals surface area contributed by atoms with Crippen molar-refractivity contribution in [1.29, 1.82) is 0 Å². The van der Waals surface area contributed by atoms with Gasteiger partial charge in [-0.15, -0.1) is 0 Å². The molecule has 0 aliphatic rings. The zero-order valence-electron chi connectivity index (χ0n) is 18.0. The first-order chi connectivity index (χ1) is 12.3. The van der Waals surface area contributed by atoms with Crippen LogP contribution in [-0.2, 0) is 18.2 Å². The highest BCUT2D eigenvalue weighted by Crippen LogP contribution is 2.14. The maximum absolute atomic E-state index is 5.81. The van der Waals surface area contributed by atoms with Gasteiger partial charge in [-0.25, -0.2) is 0 Å². The molecule has 0 saturated carbocycles. The first-order valence-corrected chi connectivity index (χ1v) is 9.95. The normalized spacial score (nSPS) is 14.6. The number of hydrogen-bond donors (Lipinski definition) is 2. The number of rotatable bonds is 10. The molecular weight excluding hydrogens is 326 g/mol. The molecule has 0 aromatic carbocycles. The third-order valence-electron chi connectivity index (χ3n) is 4.70. The van der Waals surface area contributed by atoms with Gasteiger partial charge in [-0.2, -0.15) is 5.10 Å². The zero-order chi connectivity index (χ0) is 19.7. The van der Waals surface area contributed by atoms with Gasteiger partial charge in [-0.1, -0.05) is 13.8 Å². The number of guanidine groups is 1. The summed E-state index contributed by atoms with van der Waals surface area (Å²) in [7, 11) is 2.00. The first-order valence-electron chi connectivity index (χ1n) is 9.95. The Morgan fingerprint density at radius 3 is 2.42 bits per heavy atom. The molecular formula is C20H39N5O. The van der Waals surface area contributed by atoms with E-state index in [1.54, 1.807) is 0 Å². The van der Waals surface area contributed by atoms with Gasteiger partial charge in [0.05, 0.1) is 11.8 Å². The van der Waals surface area contributed by atoms with E-state index in [1.165, 1.54) is 11.3 Å². The van der Waals surface area contributed by atoms with Crippen molar-refractivity contribution in [2.24, 2.45) is 18.0 Å². The molecule has 1 heterocycles. The van der Waals surface area contributed by atoms with Crippen LogP contribution in [0.2, 0.25) is 0 Å². The van der Waals surface area contributed by atoms with Gasteiger partial charge in [-0.3, -0.25) is 9.67 Å². The Morgan fingerprint density at radius 2 is 1.92 bits per heavy atom. The highest BCUT2D eigenvalue weighted by molar-refractivity contribution is 5.80. The predicted molar refractivity (Wildman–Crippen MR) is 110 cm³/mol. The van der Waals surface area contributed by atoms with Gasteiger partial charge in [0.25, 0.3) is 0 Å². The van der Waals surface area contributed by atoms with E-state index in [2.05, 4.69) is 57.3 Å². The van der Waals surface area contributed by atoms with E-state index in [1.807, 2.05) is 18.7 Å². The van der Waals surface area contributed by atoms with Crippen LogP contribution >= 0.6 is 0 Å². The molecule has 0 bridgehead atoms. The predicted octanol–water partition coefficient (Wildman–Crippen LogP) is 2.97. The van der Waals surface area contributed by atoms with Crippen LogP contribution in [0, 0.1) is 19.8 Å². The molecule has 2 atom stereocenters. The van der Waals surface area contributed by atoms with Crippen LogP contribution in [0.5, 0.6) is 0 Å². The van der Waals surface area contributed by atoms with Crippen LogP contribution in [0.15, 0.2) is 4.99 Å². The number of ether oxygens (including phenoxy) is 1. The number of aromatic nitrogens is 2. The van der Waals surface area contributed by atoms with Gasteiger partial charge >= 0.3 is 0 Å². The highest BCUT2D eigenvalue weighted by Gasteiger charge is 2.15. The lowest BCUT2D eigenvalue weighted by atomic mass is 10.0. The van der Waals surface area contributed by atoms with E-state index in [0.717, 1.165) is 44.2 Å². The summed E-state index contributed by atoms with van der Waals surface area (Å²) in [5.74, 6) is 1.38. The van der Waals surface area contributed by atoms with Crippen LogP contribution in [-0.4, -0.2) is 47.6 Å². The van der Waals surface area contributed by atoms with E-state index in [9.17, 15) is 0 Å².